The molecule has 2 aromatic rings. The highest BCUT2D eigenvalue weighted by atomic mass is 16.2. The van der Waals surface area contributed by atoms with Gasteiger partial charge in [0.2, 0.25) is 0 Å². The molecule has 0 fully saturated rings. The minimum Gasteiger partial charge on any atom is -0.343 e. The Morgan fingerprint density at radius 3 is 2.26 bits per heavy atom. The van der Waals surface area contributed by atoms with E-state index in [1.165, 1.54) is 11.1 Å². The van der Waals surface area contributed by atoms with Crippen LogP contribution in [0.15, 0.2) is 29.4 Å². The fourth-order valence-corrected chi connectivity index (χ4v) is 2.79. The number of rotatable bonds is 3. The topological polar surface area (TPSA) is 75.5 Å². The molecule has 0 aliphatic rings. The summed E-state index contributed by atoms with van der Waals surface area (Å²) in [6.45, 7) is 13.6. The van der Waals surface area contributed by atoms with Gasteiger partial charge in [-0.2, -0.15) is 5.10 Å². The van der Waals surface area contributed by atoms with Crippen LogP contribution >= 0.6 is 0 Å². The van der Waals surface area contributed by atoms with Crippen molar-refractivity contribution in [3.8, 4) is 5.69 Å². The predicted molar refractivity (Wildman–Crippen MR) is 108 cm³/mol. The molecule has 6 heteroatoms. The van der Waals surface area contributed by atoms with Crippen molar-refractivity contribution < 1.29 is 9.59 Å². The first-order valence-electron chi connectivity index (χ1n) is 8.91. The van der Waals surface area contributed by atoms with Crippen LogP contribution in [0, 0.1) is 27.7 Å². The molecule has 0 unspecified atom stereocenters. The normalized spacial score (nSPS) is 11.7. The highest BCUT2D eigenvalue weighted by Crippen LogP contribution is 2.21. The Hall–Kier alpha value is -2.89. The van der Waals surface area contributed by atoms with E-state index in [-0.39, 0.29) is 0 Å². The summed E-state index contributed by atoms with van der Waals surface area (Å²) in [5.74, 6) is -1.50. The summed E-state index contributed by atoms with van der Waals surface area (Å²) >= 11 is 0. The Balaban J connectivity index is 2.16. The average Bonchev–Trinajstić information content (AvgIpc) is 2.82. The second-order valence-corrected chi connectivity index (χ2v) is 7.83. The van der Waals surface area contributed by atoms with Crippen LogP contribution in [-0.2, 0) is 9.59 Å². The van der Waals surface area contributed by atoms with Crippen LogP contribution in [-0.4, -0.2) is 28.1 Å². The van der Waals surface area contributed by atoms with Gasteiger partial charge in [0.15, 0.2) is 0 Å². The number of carbonyl (C=O) groups excluding carboxylic acids is 2. The molecule has 1 aromatic heterocycles. The van der Waals surface area contributed by atoms with Crippen LogP contribution < -0.4 is 10.7 Å². The molecule has 0 saturated carbocycles. The number of aryl methyl sites for hydroxylation is 3. The van der Waals surface area contributed by atoms with Crippen LogP contribution in [0.5, 0.6) is 0 Å². The number of aromatic nitrogens is 1. The number of nitrogens with one attached hydrogen (secondary N) is 2. The molecular formula is C21H28N4O2. The van der Waals surface area contributed by atoms with Gasteiger partial charge in [0.1, 0.15) is 0 Å². The monoisotopic (exact) mass is 368 g/mol. The Labute approximate surface area is 160 Å². The van der Waals surface area contributed by atoms with Gasteiger partial charge >= 0.3 is 11.8 Å². The van der Waals surface area contributed by atoms with Crippen molar-refractivity contribution in [3.05, 3.63) is 52.3 Å². The van der Waals surface area contributed by atoms with E-state index in [0.29, 0.717) is 0 Å². The lowest BCUT2D eigenvalue weighted by Gasteiger charge is -2.19. The molecule has 27 heavy (non-hydrogen) atoms. The Morgan fingerprint density at radius 2 is 1.67 bits per heavy atom. The molecule has 0 saturated heterocycles. The zero-order chi connectivity index (χ0) is 20.4. The third kappa shape index (κ3) is 5.06. The minimum atomic E-state index is -0.788. The van der Waals surface area contributed by atoms with Gasteiger partial charge in [0, 0.05) is 28.2 Å². The van der Waals surface area contributed by atoms with E-state index in [1.54, 1.807) is 6.21 Å². The zero-order valence-electron chi connectivity index (χ0n) is 17.1. The maximum absolute atomic E-state index is 11.8. The third-order valence-corrected chi connectivity index (χ3v) is 4.28. The van der Waals surface area contributed by atoms with Gasteiger partial charge in [-0.15, -0.1) is 0 Å². The Kier molecular flexibility index (Phi) is 5.88. The van der Waals surface area contributed by atoms with Gasteiger partial charge in [0.25, 0.3) is 0 Å². The molecule has 0 aliphatic carbocycles. The fraction of sp³-hybridized carbons (Fsp3) is 0.381. The molecule has 0 atom stereocenters. The van der Waals surface area contributed by atoms with E-state index in [0.717, 1.165) is 22.6 Å². The number of amides is 2. The van der Waals surface area contributed by atoms with Crippen molar-refractivity contribution in [1.82, 2.24) is 15.3 Å². The maximum Gasteiger partial charge on any atom is 0.329 e. The Bertz CT molecular complexity index is 902. The standard InChI is InChI=1S/C21H28N4O2/c1-13-8-9-18(10-14(13)2)25-15(3)11-17(16(25)4)12-22-24-20(27)19(26)23-21(5,6)7/h8-12H,1-7H3,(H,23,26)(H,24,27)/b22-12-. The smallest absolute Gasteiger partial charge is 0.329 e. The van der Waals surface area contributed by atoms with E-state index < -0.39 is 17.4 Å². The zero-order valence-corrected chi connectivity index (χ0v) is 17.1. The molecule has 2 rings (SSSR count). The first-order valence-corrected chi connectivity index (χ1v) is 8.91. The van der Waals surface area contributed by atoms with Gasteiger partial charge < -0.3 is 9.88 Å². The SMILES string of the molecule is Cc1ccc(-n2c(C)cc(/C=N\NC(=O)C(=O)NC(C)(C)C)c2C)cc1C. The summed E-state index contributed by atoms with van der Waals surface area (Å²) in [5.41, 5.74) is 8.31. The predicted octanol–water partition coefficient (Wildman–Crippen LogP) is 3.08. The highest BCUT2D eigenvalue weighted by Gasteiger charge is 2.19. The molecule has 0 aliphatic heterocycles. The van der Waals surface area contributed by atoms with E-state index >= 15 is 0 Å². The largest absolute Gasteiger partial charge is 0.343 e. The Morgan fingerprint density at radius 1 is 1.00 bits per heavy atom. The lowest BCUT2D eigenvalue weighted by Crippen LogP contribution is -2.47. The van der Waals surface area contributed by atoms with Crippen molar-refractivity contribution >= 4 is 18.0 Å². The number of benzene rings is 1. The van der Waals surface area contributed by atoms with Crippen molar-refractivity contribution in [1.29, 1.82) is 0 Å². The summed E-state index contributed by atoms with van der Waals surface area (Å²) in [6.07, 6.45) is 1.56. The fourth-order valence-electron chi connectivity index (χ4n) is 2.79. The summed E-state index contributed by atoms with van der Waals surface area (Å²) in [6, 6.07) is 8.33. The van der Waals surface area contributed by atoms with Gasteiger partial charge in [-0.25, -0.2) is 5.43 Å². The van der Waals surface area contributed by atoms with E-state index in [2.05, 4.69) is 52.5 Å². The van der Waals surface area contributed by atoms with Gasteiger partial charge in [-0.3, -0.25) is 9.59 Å². The molecule has 144 valence electrons. The molecule has 1 aromatic carbocycles. The highest BCUT2D eigenvalue weighted by molar-refractivity contribution is 6.35. The van der Waals surface area contributed by atoms with Crippen molar-refractivity contribution in [2.45, 2.75) is 54.0 Å². The van der Waals surface area contributed by atoms with Gasteiger partial charge in [-0.1, -0.05) is 6.07 Å². The van der Waals surface area contributed by atoms with Crippen LogP contribution in [0.3, 0.4) is 0 Å². The van der Waals surface area contributed by atoms with Crippen LogP contribution in [0.1, 0.15) is 48.8 Å². The number of hydrogen-bond acceptors (Lipinski definition) is 3. The van der Waals surface area contributed by atoms with E-state index in [4.69, 9.17) is 0 Å². The molecule has 2 amide bonds. The number of hydrazone groups is 1. The quantitative estimate of drug-likeness (QED) is 0.496. The van der Waals surface area contributed by atoms with Gasteiger partial charge in [-0.05, 0) is 77.8 Å². The van der Waals surface area contributed by atoms with E-state index in [9.17, 15) is 9.59 Å². The van der Waals surface area contributed by atoms with Crippen molar-refractivity contribution in [3.63, 3.8) is 0 Å². The third-order valence-electron chi connectivity index (χ3n) is 4.28. The van der Waals surface area contributed by atoms with Crippen molar-refractivity contribution in [2.75, 3.05) is 0 Å². The first kappa shape index (κ1) is 20.4. The molecule has 0 radical (unpaired) electrons. The summed E-state index contributed by atoms with van der Waals surface area (Å²) in [4.78, 5) is 23.6. The molecule has 0 spiro atoms. The number of hydrogen-bond donors (Lipinski definition) is 2. The molecule has 1 heterocycles. The molecular weight excluding hydrogens is 340 g/mol. The molecule has 6 nitrogen and oxygen atoms in total. The summed E-state index contributed by atoms with van der Waals surface area (Å²) in [7, 11) is 0. The van der Waals surface area contributed by atoms with Crippen molar-refractivity contribution in [2.24, 2.45) is 5.10 Å². The van der Waals surface area contributed by atoms with Gasteiger partial charge in [0.05, 0.1) is 6.21 Å². The molecule has 0 bridgehead atoms. The maximum atomic E-state index is 11.8. The van der Waals surface area contributed by atoms with Crippen LogP contribution in [0.4, 0.5) is 0 Å². The molecule has 2 N–H and O–H groups in total. The minimum absolute atomic E-state index is 0.477. The second-order valence-electron chi connectivity index (χ2n) is 7.83. The number of carbonyl (C=O) groups is 2. The van der Waals surface area contributed by atoms with Crippen LogP contribution in [0.25, 0.3) is 5.69 Å². The van der Waals surface area contributed by atoms with E-state index in [1.807, 2.05) is 40.7 Å². The first-order chi connectivity index (χ1) is 12.5. The summed E-state index contributed by atoms with van der Waals surface area (Å²) < 4.78 is 2.14. The number of nitrogens with zero attached hydrogens (tertiary/aromatic N) is 2. The van der Waals surface area contributed by atoms with Crippen LogP contribution in [0.2, 0.25) is 0 Å². The second kappa shape index (κ2) is 7.78. The summed E-state index contributed by atoms with van der Waals surface area (Å²) in [5, 5.41) is 6.53. The average molecular weight is 368 g/mol. The lowest BCUT2D eigenvalue weighted by molar-refractivity contribution is -0.140. The lowest BCUT2D eigenvalue weighted by atomic mass is 10.1.